The average molecular weight is 370 g/mol. The second-order valence-electron chi connectivity index (χ2n) is 5.68. The Morgan fingerprint density at radius 2 is 2.08 bits per heavy atom. The smallest absolute Gasteiger partial charge is 0.341 e. The normalized spacial score (nSPS) is 10.7. The van der Waals surface area contributed by atoms with Crippen LogP contribution in [0.4, 0.5) is 5.69 Å². The number of methoxy groups -OCH3 is 2. The van der Waals surface area contributed by atoms with Crippen molar-refractivity contribution in [3.63, 3.8) is 0 Å². The van der Waals surface area contributed by atoms with E-state index >= 15 is 0 Å². The molecule has 0 unspecified atom stereocenters. The molecule has 0 radical (unpaired) electrons. The molecule has 2 heterocycles. The second kappa shape index (κ2) is 7.20. The number of rotatable bonds is 5. The van der Waals surface area contributed by atoms with Crippen LogP contribution in [0.25, 0.3) is 20.7 Å². The second-order valence-corrected chi connectivity index (χ2v) is 6.90. The maximum Gasteiger partial charge on any atom is 0.341 e. The predicted octanol–water partition coefficient (Wildman–Crippen LogP) is 4.63. The van der Waals surface area contributed by atoms with Crippen molar-refractivity contribution in [1.82, 2.24) is 4.57 Å². The van der Waals surface area contributed by atoms with Gasteiger partial charge in [0.1, 0.15) is 11.3 Å². The largest absolute Gasteiger partial charge is 0.467 e. The standard InChI is InChI=1S/C19H18N2O4S/c1-11-12(2)26-18-15(20-3)9-21(17(11)18)13-6-7-14(19(22)24-5)16(8-13)25-10-23-4/h6-9H,10H2,1-2,4-5H3. The molecule has 134 valence electrons. The number of esters is 1. The average Bonchev–Trinajstić information content (AvgIpc) is 3.16. The highest BCUT2D eigenvalue weighted by Gasteiger charge is 2.19. The summed E-state index contributed by atoms with van der Waals surface area (Å²) in [5, 5.41) is 0. The van der Waals surface area contributed by atoms with Gasteiger partial charge in [-0.05, 0) is 31.5 Å². The van der Waals surface area contributed by atoms with Crippen molar-refractivity contribution in [2.24, 2.45) is 0 Å². The van der Waals surface area contributed by atoms with Crippen LogP contribution in [0.15, 0.2) is 24.4 Å². The lowest BCUT2D eigenvalue weighted by molar-refractivity contribution is 0.0465. The van der Waals surface area contributed by atoms with Crippen molar-refractivity contribution in [3.8, 4) is 11.4 Å². The zero-order chi connectivity index (χ0) is 18.8. The summed E-state index contributed by atoms with van der Waals surface area (Å²) in [7, 11) is 2.84. The van der Waals surface area contributed by atoms with Gasteiger partial charge in [-0.15, -0.1) is 0 Å². The maximum atomic E-state index is 12.0. The molecule has 2 aromatic heterocycles. The third-order valence-electron chi connectivity index (χ3n) is 4.18. The number of aromatic nitrogens is 1. The van der Waals surface area contributed by atoms with Crippen LogP contribution in [0.1, 0.15) is 20.8 Å². The Labute approximate surface area is 155 Å². The van der Waals surface area contributed by atoms with Gasteiger partial charge in [0.2, 0.25) is 5.69 Å². The molecule has 6 nitrogen and oxygen atoms in total. The van der Waals surface area contributed by atoms with Crippen molar-refractivity contribution in [3.05, 3.63) is 51.8 Å². The van der Waals surface area contributed by atoms with Gasteiger partial charge in [0.05, 0.1) is 23.9 Å². The van der Waals surface area contributed by atoms with E-state index in [2.05, 4.69) is 4.85 Å². The summed E-state index contributed by atoms with van der Waals surface area (Å²) >= 11 is 1.62. The number of hydrogen-bond acceptors (Lipinski definition) is 5. The monoisotopic (exact) mass is 370 g/mol. The van der Waals surface area contributed by atoms with Crippen LogP contribution in [-0.4, -0.2) is 31.5 Å². The molecule has 0 amide bonds. The van der Waals surface area contributed by atoms with Gasteiger partial charge in [0.15, 0.2) is 6.79 Å². The fourth-order valence-electron chi connectivity index (χ4n) is 2.79. The van der Waals surface area contributed by atoms with E-state index in [1.54, 1.807) is 23.5 Å². The molecule has 0 N–H and O–H groups in total. The highest BCUT2D eigenvalue weighted by Crippen LogP contribution is 2.40. The molecule has 0 aliphatic heterocycles. The molecular weight excluding hydrogens is 352 g/mol. The topological polar surface area (TPSA) is 54.1 Å². The summed E-state index contributed by atoms with van der Waals surface area (Å²) in [6, 6.07) is 5.22. The Morgan fingerprint density at radius 3 is 2.73 bits per heavy atom. The van der Waals surface area contributed by atoms with E-state index in [1.807, 2.05) is 30.7 Å². The number of nitrogens with zero attached hydrogens (tertiary/aromatic N) is 2. The van der Waals surface area contributed by atoms with Gasteiger partial charge >= 0.3 is 5.97 Å². The minimum Gasteiger partial charge on any atom is -0.467 e. The van der Waals surface area contributed by atoms with Crippen molar-refractivity contribution in [2.45, 2.75) is 13.8 Å². The summed E-state index contributed by atoms with van der Waals surface area (Å²) in [4.78, 5) is 16.8. The number of fused-ring (bicyclic) bond motifs is 1. The van der Waals surface area contributed by atoms with Crippen molar-refractivity contribution < 1.29 is 19.0 Å². The molecule has 0 bridgehead atoms. The summed E-state index contributed by atoms with van der Waals surface area (Å²) in [5.41, 5.74) is 3.86. The lowest BCUT2D eigenvalue weighted by Crippen LogP contribution is -2.08. The number of hydrogen-bond donors (Lipinski definition) is 0. The molecule has 0 atom stereocenters. The Hall–Kier alpha value is -2.82. The first kappa shape index (κ1) is 18.0. The van der Waals surface area contributed by atoms with Crippen LogP contribution in [0.2, 0.25) is 0 Å². The molecule has 0 fully saturated rings. The molecule has 3 aromatic rings. The van der Waals surface area contributed by atoms with Gasteiger partial charge in [0.25, 0.3) is 0 Å². The number of benzene rings is 1. The van der Waals surface area contributed by atoms with Crippen LogP contribution in [-0.2, 0) is 9.47 Å². The van der Waals surface area contributed by atoms with Crippen LogP contribution >= 0.6 is 11.3 Å². The fraction of sp³-hybridized carbons (Fsp3) is 0.263. The van der Waals surface area contributed by atoms with Crippen LogP contribution in [0.3, 0.4) is 0 Å². The number of thiophene rings is 1. The van der Waals surface area contributed by atoms with E-state index < -0.39 is 5.97 Å². The number of aryl methyl sites for hydroxylation is 2. The first-order valence-electron chi connectivity index (χ1n) is 7.84. The van der Waals surface area contributed by atoms with Crippen LogP contribution in [0, 0.1) is 20.4 Å². The van der Waals surface area contributed by atoms with E-state index in [0.717, 1.165) is 21.5 Å². The Kier molecular flexibility index (Phi) is 4.98. The molecule has 0 saturated heterocycles. The van der Waals surface area contributed by atoms with Crippen molar-refractivity contribution in [2.75, 3.05) is 21.0 Å². The Bertz CT molecular complexity index is 1030. The van der Waals surface area contributed by atoms with Gasteiger partial charge in [-0.25, -0.2) is 9.64 Å². The van der Waals surface area contributed by atoms with Crippen molar-refractivity contribution >= 4 is 33.2 Å². The Balaban J connectivity index is 2.20. The van der Waals surface area contributed by atoms with Gasteiger partial charge in [0, 0.05) is 29.9 Å². The maximum absolute atomic E-state index is 12.0. The molecule has 7 heteroatoms. The predicted molar refractivity (Wildman–Crippen MR) is 101 cm³/mol. The zero-order valence-corrected chi connectivity index (χ0v) is 15.8. The zero-order valence-electron chi connectivity index (χ0n) is 15.0. The quantitative estimate of drug-likeness (QED) is 0.373. The van der Waals surface area contributed by atoms with Gasteiger partial charge in [-0.3, -0.25) is 0 Å². The van der Waals surface area contributed by atoms with Gasteiger partial charge in [-0.1, -0.05) is 0 Å². The summed E-state index contributed by atoms with van der Waals surface area (Å²) in [6.45, 7) is 11.6. The van der Waals surface area contributed by atoms with E-state index in [0.29, 0.717) is 17.0 Å². The van der Waals surface area contributed by atoms with Crippen molar-refractivity contribution in [1.29, 1.82) is 0 Å². The van der Waals surface area contributed by atoms with E-state index in [-0.39, 0.29) is 6.79 Å². The first-order chi connectivity index (χ1) is 12.5. The molecule has 1 aromatic carbocycles. The molecule has 0 spiro atoms. The molecule has 3 rings (SSSR count). The van der Waals surface area contributed by atoms with Crippen LogP contribution < -0.4 is 4.74 Å². The minimum atomic E-state index is -0.482. The lowest BCUT2D eigenvalue weighted by atomic mass is 10.1. The summed E-state index contributed by atoms with van der Waals surface area (Å²) < 4.78 is 18.2. The minimum absolute atomic E-state index is 0.0123. The third kappa shape index (κ3) is 2.94. The molecular formula is C19H18N2O4S. The Morgan fingerprint density at radius 1 is 1.31 bits per heavy atom. The molecule has 0 saturated carbocycles. The van der Waals surface area contributed by atoms with E-state index in [9.17, 15) is 4.79 Å². The SMILES string of the molecule is [C-]#[N+]c1cn(-c2ccc(C(=O)OC)c(OCOC)c2)c2c(C)c(C)sc12. The van der Waals surface area contributed by atoms with Crippen LogP contribution in [0.5, 0.6) is 5.75 Å². The third-order valence-corrected chi connectivity index (χ3v) is 5.40. The highest BCUT2D eigenvalue weighted by molar-refractivity contribution is 7.19. The number of carbonyl (C=O) groups is 1. The molecule has 0 aliphatic carbocycles. The van der Waals surface area contributed by atoms with E-state index in [4.69, 9.17) is 20.8 Å². The number of carbonyl (C=O) groups excluding carboxylic acids is 1. The van der Waals surface area contributed by atoms with Gasteiger partial charge in [-0.2, -0.15) is 11.3 Å². The fourth-order valence-corrected chi connectivity index (χ4v) is 3.90. The highest BCUT2D eigenvalue weighted by atomic mass is 32.1. The van der Waals surface area contributed by atoms with E-state index in [1.165, 1.54) is 19.1 Å². The lowest BCUT2D eigenvalue weighted by Gasteiger charge is -2.13. The summed E-state index contributed by atoms with van der Waals surface area (Å²) in [5.74, 6) is -0.114. The van der Waals surface area contributed by atoms with Gasteiger partial charge < -0.3 is 18.8 Å². The molecule has 0 aliphatic rings. The number of ether oxygens (including phenoxy) is 3. The molecule has 26 heavy (non-hydrogen) atoms. The summed E-state index contributed by atoms with van der Waals surface area (Å²) in [6.07, 6.45) is 1.81. The first-order valence-corrected chi connectivity index (χ1v) is 8.66.